The monoisotopic (exact) mass is 390 g/mol. The smallest absolute Gasteiger partial charge is 0.315 e. The molecule has 2 N–H and O–H groups in total. The first-order valence-corrected chi connectivity index (χ1v) is 8.54. The summed E-state index contributed by atoms with van der Waals surface area (Å²) in [5, 5.41) is 5.89. The first-order chi connectivity index (χ1) is 11.5. The number of benzene rings is 2. The summed E-state index contributed by atoms with van der Waals surface area (Å²) in [4.78, 5) is 12.2. The van der Waals surface area contributed by atoms with Gasteiger partial charge in [-0.3, -0.25) is 0 Å². The molecule has 2 atom stereocenters. The molecule has 0 saturated heterocycles. The molecule has 0 radical (unpaired) electrons. The van der Waals surface area contributed by atoms with Gasteiger partial charge < -0.3 is 20.1 Å². The van der Waals surface area contributed by atoms with Crippen molar-refractivity contribution in [3.63, 3.8) is 0 Å². The van der Waals surface area contributed by atoms with E-state index in [2.05, 4.69) is 26.6 Å². The van der Waals surface area contributed by atoms with E-state index in [9.17, 15) is 4.79 Å². The van der Waals surface area contributed by atoms with Crippen LogP contribution in [0.5, 0.6) is 11.5 Å². The highest BCUT2D eigenvalue weighted by atomic mass is 79.9. The van der Waals surface area contributed by atoms with Gasteiger partial charge in [-0.1, -0.05) is 34.1 Å². The van der Waals surface area contributed by atoms with Gasteiger partial charge in [-0.15, -0.1) is 0 Å². The first-order valence-electron chi connectivity index (χ1n) is 7.75. The molecular formula is C18H19BrN2O3. The van der Waals surface area contributed by atoms with Gasteiger partial charge in [0.1, 0.15) is 0 Å². The molecule has 1 heterocycles. The predicted molar refractivity (Wildman–Crippen MR) is 95.2 cm³/mol. The Bertz CT molecular complexity index is 751. The number of carbonyl (C=O) groups excluding carboxylic acids is 1. The van der Waals surface area contributed by atoms with E-state index < -0.39 is 0 Å². The van der Waals surface area contributed by atoms with Crippen molar-refractivity contribution in [1.82, 2.24) is 10.6 Å². The Labute approximate surface area is 149 Å². The highest BCUT2D eigenvalue weighted by Crippen LogP contribution is 2.34. The Kier molecular flexibility index (Phi) is 4.94. The molecule has 3 rings (SSSR count). The summed E-state index contributed by atoms with van der Waals surface area (Å²) >= 11 is 3.44. The maximum atomic E-state index is 12.2. The zero-order valence-corrected chi connectivity index (χ0v) is 15.1. The summed E-state index contributed by atoms with van der Waals surface area (Å²) in [6.45, 7) is 4.12. The van der Waals surface area contributed by atoms with Crippen molar-refractivity contribution < 1.29 is 14.3 Å². The summed E-state index contributed by atoms with van der Waals surface area (Å²) in [7, 11) is 0. The van der Waals surface area contributed by atoms with E-state index in [1.54, 1.807) is 0 Å². The summed E-state index contributed by atoms with van der Waals surface area (Å²) in [6, 6.07) is 13.1. The van der Waals surface area contributed by atoms with E-state index in [1.165, 1.54) is 0 Å². The summed E-state index contributed by atoms with van der Waals surface area (Å²) in [5.41, 5.74) is 2.00. The molecule has 0 unspecified atom stereocenters. The van der Waals surface area contributed by atoms with E-state index in [0.29, 0.717) is 5.75 Å². The van der Waals surface area contributed by atoms with Crippen LogP contribution in [-0.4, -0.2) is 12.8 Å². The van der Waals surface area contributed by atoms with Crippen LogP contribution in [0.2, 0.25) is 0 Å². The normalized spacial score (nSPS) is 14.8. The fourth-order valence-electron chi connectivity index (χ4n) is 2.56. The Morgan fingerprint density at radius 2 is 1.67 bits per heavy atom. The molecule has 0 aliphatic carbocycles. The number of rotatable bonds is 4. The zero-order chi connectivity index (χ0) is 17.1. The van der Waals surface area contributed by atoms with Gasteiger partial charge in [-0.25, -0.2) is 4.79 Å². The Hall–Kier alpha value is -2.21. The lowest BCUT2D eigenvalue weighted by Gasteiger charge is -2.19. The number of amides is 2. The standard InChI is InChI=1S/C18H19BrN2O3/c1-11(13-4-3-5-15(19)8-13)20-18(22)21-12(2)14-6-7-16-17(9-14)24-10-23-16/h3-9,11-12H,10H2,1-2H3,(H2,20,21,22)/t11-,12+/m1/s1. The topological polar surface area (TPSA) is 59.6 Å². The minimum Gasteiger partial charge on any atom is -0.454 e. The van der Waals surface area contributed by atoms with Crippen molar-refractivity contribution in [3.05, 3.63) is 58.1 Å². The molecule has 24 heavy (non-hydrogen) atoms. The van der Waals surface area contributed by atoms with Gasteiger partial charge in [-0.2, -0.15) is 0 Å². The highest BCUT2D eigenvalue weighted by Gasteiger charge is 2.17. The molecule has 5 nitrogen and oxygen atoms in total. The van der Waals surface area contributed by atoms with Crippen LogP contribution in [0.4, 0.5) is 4.79 Å². The molecule has 1 aliphatic heterocycles. The molecule has 0 fully saturated rings. The van der Waals surface area contributed by atoms with Crippen molar-refractivity contribution in [3.8, 4) is 11.5 Å². The minimum absolute atomic E-state index is 0.0912. The maximum absolute atomic E-state index is 12.2. The van der Waals surface area contributed by atoms with Crippen molar-refractivity contribution in [1.29, 1.82) is 0 Å². The number of hydrogen-bond acceptors (Lipinski definition) is 3. The summed E-state index contributed by atoms with van der Waals surface area (Å²) in [6.07, 6.45) is 0. The van der Waals surface area contributed by atoms with Gasteiger partial charge in [0.15, 0.2) is 11.5 Å². The van der Waals surface area contributed by atoms with Crippen molar-refractivity contribution in [2.45, 2.75) is 25.9 Å². The van der Waals surface area contributed by atoms with Gasteiger partial charge in [0.2, 0.25) is 6.79 Å². The maximum Gasteiger partial charge on any atom is 0.315 e. The van der Waals surface area contributed by atoms with E-state index in [0.717, 1.165) is 21.3 Å². The van der Waals surface area contributed by atoms with Gasteiger partial charge in [0, 0.05) is 4.47 Å². The minimum atomic E-state index is -0.215. The highest BCUT2D eigenvalue weighted by molar-refractivity contribution is 9.10. The van der Waals surface area contributed by atoms with Crippen molar-refractivity contribution in [2.75, 3.05) is 6.79 Å². The summed E-state index contributed by atoms with van der Waals surface area (Å²) < 4.78 is 11.7. The fraction of sp³-hybridized carbons (Fsp3) is 0.278. The lowest BCUT2D eigenvalue weighted by molar-refractivity contribution is 0.174. The molecule has 1 aliphatic rings. The van der Waals surface area contributed by atoms with Gasteiger partial charge in [-0.05, 0) is 49.2 Å². The number of halogens is 1. The van der Waals surface area contributed by atoms with E-state index in [1.807, 2.05) is 56.3 Å². The van der Waals surface area contributed by atoms with Crippen LogP contribution in [0.1, 0.15) is 37.1 Å². The molecule has 0 saturated carbocycles. The molecule has 0 aromatic heterocycles. The Balaban J connectivity index is 1.60. The van der Waals surface area contributed by atoms with Crippen LogP contribution in [0.3, 0.4) is 0 Å². The van der Waals surface area contributed by atoms with E-state index in [-0.39, 0.29) is 24.9 Å². The second-order valence-electron chi connectivity index (χ2n) is 5.73. The molecule has 6 heteroatoms. The zero-order valence-electron chi connectivity index (χ0n) is 13.5. The largest absolute Gasteiger partial charge is 0.454 e. The second-order valence-corrected chi connectivity index (χ2v) is 6.64. The van der Waals surface area contributed by atoms with E-state index >= 15 is 0 Å². The average Bonchev–Trinajstić information content (AvgIpc) is 3.02. The molecule has 0 bridgehead atoms. The number of fused-ring (bicyclic) bond motifs is 1. The molecule has 2 aromatic carbocycles. The van der Waals surface area contributed by atoms with Crippen LogP contribution in [0.25, 0.3) is 0 Å². The van der Waals surface area contributed by atoms with Crippen LogP contribution < -0.4 is 20.1 Å². The van der Waals surface area contributed by atoms with Crippen LogP contribution in [0.15, 0.2) is 46.9 Å². The lowest BCUT2D eigenvalue weighted by atomic mass is 10.1. The second kappa shape index (κ2) is 7.13. The molecule has 2 amide bonds. The summed E-state index contributed by atoms with van der Waals surface area (Å²) in [5.74, 6) is 1.45. The molecule has 0 spiro atoms. The van der Waals surface area contributed by atoms with Crippen molar-refractivity contribution >= 4 is 22.0 Å². The van der Waals surface area contributed by atoms with Crippen LogP contribution in [-0.2, 0) is 0 Å². The Morgan fingerprint density at radius 1 is 1.00 bits per heavy atom. The number of hydrogen-bond donors (Lipinski definition) is 2. The third-order valence-electron chi connectivity index (χ3n) is 3.94. The number of nitrogens with one attached hydrogen (secondary N) is 2. The van der Waals surface area contributed by atoms with Gasteiger partial charge >= 0.3 is 6.03 Å². The molecule has 126 valence electrons. The van der Waals surface area contributed by atoms with Crippen LogP contribution >= 0.6 is 15.9 Å². The lowest BCUT2D eigenvalue weighted by Crippen LogP contribution is -2.38. The van der Waals surface area contributed by atoms with Gasteiger partial charge in [0.05, 0.1) is 12.1 Å². The quantitative estimate of drug-likeness (QED) is 0.817. The third-order valence-corrected chi connectivity index (χ3v) is 4.43. The van der Waals surface area contributed by atoms with Gasteiger partial charge in [0.25, 0.3) is 0 Å². The third kappa shape index (κ3) is 3.82. The predicted octanol–water partition coefficient (Wildman–Crippen LogP) is 4.30. The molecule has 2 aromatic rings. The van der Waals surface area contributed by atoms with Crippen LogP contribution in [0, 0.1) is 0 Å². The molecular weight excluding hydrogens is 372 g/mol. The SMILES string of the molecule is C[C@H](NC(=O)N[C@H](C)c1cccc(Br)c1)c1ccc2c(c1)OCO2. The number of urea groups is 1. The first kappa shape index (κ1) is 16.6. The Morgan fingerprint density at radius 3 is 2.38 bits per heavy atom. The number of ether oxygens (including phenoxy) is 2. The van der Waals surface area contributed by atoms with Crippen molar-refractivity contribution in [2.24, 2.45) is 0 Å². The fourth-order valence-corrected chi connectivity index (χ4v) is 2.98. The van der Waals surface area contributed by atoms with E-state index in [4.69, 9.17) is 9.47 Å². The average molecular weight is 391 g/mol. The number of carbonyl (C=O) groups is 1.